The van der Waals surface area contributed by atoms with Gasteiger partial charge in [-0.15, -0.1) is 0 Å². The average Bonchev–Trinajstić information content (AvgIpc) is 2.42. The van der Waals surface area contributed by atoms with E-state index in [9.17, 15) is 0 Å². The molecule has 1 heterocycles. The first-order chi connectivity index (χ1) is 9.16. The van der Waals surface area contributed by atoms with E-state index in [1.807, 2.05) is 36.5 Å². The maximum atomic E-state index is 6.14. The molecule has 1 unspecified atom stereocenters. The Kier molecular flexibility index (Phi) is 5.20. The van der Waals surface area contributed by atoms with Crippen LogP contribution in [-0.2, 0) is 6.42 Å². The summed E-state index contributed by atoms with van der Waals surface area (Å²) in [4.78, 5) is 4.33. The number of aromatic nitrogens is 1. The molecule has 0 amide bonds. The lowest BCUT2D eigenvalue weighted by Gasteiger charge is -2.13. The van der Waals surface area contributed by atoms with Crippen LogP contribution in [0.25, 0.3) is 0 Å². The molecular weight excluding hydrogens is 279 g/mol. The highest BCUT2D eigenvalue weighted by Gasteiger charge is 2.06. The van der Waals surface area contributed by atoms with Gasteiger partial charge in [-0.05, 0) is 49.7 Å². The van der Waals surface area contributed by atoms with E-state index in [2.05, 4.69) is 17.2 Å². The highest BCUT2D eigenvalue weighted by molar-refractivity contribution is 6.35. The monoisotopic (exact) mass is 294 g/mol. The number of pyridine rings is 1. The quantitative estimate of drug-likeness (QED) is 0.890. The summed E-state index contributed by atoms with van der Waals surface area (Å²) >= 11 is 12.0. The van der Waals surface area contributed by atoms with Gasteiger partial charge < -0.3 is 5.32 Å². The third kappa shape index (κ3) is 4.20. The predicted octanol–water partition coefficient (Wildman–Crippen LogP) is 4.28. The molecule has 0 aliphatic rings. The molecule has 100 valence electrons. The maximum Gasteiger partial charge on any atom is 0.0570 e. The number of nitrogens with one attached hydrogen (secondary N) is 1. The number of nitrogens with zero attached hydrogens (tertiary/aromatic N) is 1. The first kappa shape index (κ1) is 14.3. The average molecular weight is 295 g/mol. The van der Waals surface area contributed by atoms with Crippen molar-refractivity contribution in [3.8, 4) is 0 Å². The van der Waals surface area contributed by atoms with Crippen LogP contribution < -0.4 is 5.32 Å². The van der Waals surface area contributed by atoms with Crippen LogP contribution in [-0.4, -0.2) is 11.5 Å². The second-order valence-electron chi connectivity index (χ2n) is 4.42. The van der Waals surface area contributed by atoms with Crippen molar-refractivity contribution in [1.82, 2.24) is 10.3 Å². The van der Waals surface area contributed by atoms with E-state index >= 15 is 0 Å². The molecule has 1 aromatic carbocycles. The van der Waals surface area contributed by atoms with Gasteiger partial charge >= 0.3 is 0 Å². The third-order valence-electron chi connectivity index (χ3n) is 2.99. The fourth-order valence-electron chi connectivity index (χ4n) is 1.88. The third-order valence-corrected chi connectivity index (χ3v) is 3.58. The Balaban J connectivity index is 1.86. The molecule has 4 heteroatoms. The van der Waals surface area contributed by atoms with Crippen molar-refractivity contribution in [3.63, 3.8) is 0 Å². The van der Waals surface area contributed by atoms with Crippen LogP contribution in [0, 0.1) is 0 Å². The van der Waals surface area contributed by atoms with Crippen LogP contribution in [0.15, 0.2) is 42.6 Å². The van der Waals surface area contributed by atoms with Crippen LogP contribution in [0.2, 0.25) is 10.0 Å². The zero-order valence-corrected chi connectivity index (χ0v) is 12.2. The molecule has 1 N–H and O–H groups in total. The molecule has 0 fully saturated rings. The summed E-state index contributed by atoms with van der Waals surface area (Å²) in [5, 5.41) is 4.83. The molecule has 0 bridgehead atoms. The molecular formula is C15H16Cl2N2. The molecule has 19 heavy (non-hydrogen) atoms. The van der Waals surface area contributed by atoms with Crippen molar-refractivity contribution in [3.05, 3.63) is 63.9 Å². The van der Waals surface area contributed by atoms with Crippen molar-refractivity contribution < 1.29 is 0 Å². The van der Waals surface area contributed by atoms with Gasteiger partial charge in [-0.3, -0.25) is 4.98 Å². The zero-order valence-electron chi connectivity index (χ0n) is 10.7. The Morgan fingerprint density at radius 3 is 2.74 bits per heavy atom. The molecule has 0 aliphatic heterocycles. The molecule has 2 nitrogen and oxygen atoms in total. The number of halogens is 2. The van der Waals surface area contributed by atoms with Crippen molar-refractivity contribution in [2.24, 2.45) is 0 Å². The summed E-state index contributed by atoms with van der Waals surface area (Å²) in [7, 11) is 0. The minimum absolute atomic E-state index is 0.229. The van der Waals surface area contributed by atoms with Gasteiger partial charge in [0.05, 0.1) is 5.69 Å². The fraction of sp³-hybridized carbons (Fsp3) is 0.267. The van der Waals surface area contributed by atoms with Gasteiger partial charge in [-0.2, -0.15) is 0 Å². The van der Waals surface area contributed by atoms with Gasteiger partial charge in [0.15, 0.2) is 0 Å². The van der Waals surface area contributed by atoms with Crippen molar-refractivity contribution in [1.29, 1.82) is 0 Å². The topological polar surface area (TPSA) is 24.9 Å². The van der Waals surface area contributed by atoms with Crippen LogP contribution >= 0.6 is 23.2 Å². The Bertz CT molecular complexity index is 529. The molecule has 2 rings (SSSR count). The highest BCUT2D eigenvalue weighted by Crippen LogP contribution is 2.21. The number of hydrogen-bond donors (Lipinski definition) is 1. The van der Waals surface area contributed by atoms with E-state index in [-0.39, 0.29) is 6.04 Å². The summed E-state index contributed by atoms with van der Waals surface area (Å²) in [6.45, 7) is 2.95. The fourth-order valence-corrected chi connectivity index (χ4v) is 2.39. The Morgan fingerprint density at radius 2 is 2.05 bits per heavy atom. The largest absolute Gasteiger partial charge is 0.309 e. The lowest BCUT2D eigenvalue weighted by atomic mass is 10.1. The molecule has 1 atom stereocenters. The normalized spacial score (nSPS) is 12.4. The van der Waals surface area contributed by atoms with Gasteiger partial charge in [0, 0.05) is 22.3 Å². The van der Waals surface area contributed by atoms with E-state index in [0.717, 1.165) is 29.2 Å². The highest BCUT2D eigenvalue weighted by atomic mass is 35.5. The van der Waals surface area contributed by atoms with Crippen molar-refractivity contribution in [2.75, 3.05) is 6.54 Å². The standard InChI is InChI=1S/C15H16Cl2N2/c1-11(15-4-2-3-8-19-15)18-9-7-12-5-6-13(16)10-14(12)17/h2-6,8,10-11,18H,7,9H2,1H3. The zero-order chi connectivity index (χ0) is 13.7. The Morgan fingerprint density at radius 1 is 1.21 bits per heavy atom. The molecule has 2 aromatic rings. The Labute approximate surface area is 123 Å². The number of hydrogen-bond acceptors (Lipinski definition) is 2. The first-order valence-corrected chi connectivity index (χ1v) is 7.00. The second-order valence-corrected chi connectivity index (χ2v) is 5.26. The molecule has 0 saturated carbocycles. The lowest BCUT2D eigenvalue weighted by molar-refractivity contribution is 0.564. The van der Waals surface area contributed by atoms with E-state index < -0.39 is 0 Å². The minimum atomic E-state index is 0.229. The predicted molar refractivity (Wildman–Crippen MR) is 80.8 cm³/mol. The van der Waals surface area contributed by atoms with Gasteiger partial charge in [0.25, 0.3) is 0 Å². The van der Waals surface area contributed by atoms with Crippen LogP contribution in [0.4, 0.5) is 0 Å². The SMILES string of the molecule is CC(NCCc1ccc(Cl)cc1Cl)c1ccccn1. The lowest BCUT2D eigenvalue weighted by Crippen LogP contribution is -2.22. The van der Waals surface area contributed by atoms with Crippen LogP contribution in [0.1, 0.15) is 24.2 Å². The van der Waals surface area contributed by atoms with E-state index in [4.69, 9.17) is 23.2 Å². The Hall–Kier alpha value is -1.09. The van der Waals surface area contributed by atoms with E-state index in [1.54, 1.807) is 6.07 Å². The van der Waals surface area contributed by atoms with E-state index in [0.29, 0.717) is 5.02 Å². The minimum Gasteiger partial charge on any atom is -0.309 e. The maximum absolute atomic E-state index is 6.14. The summed E-state index contributed by atoms with van der Waals surface area (Å²) in [6.07, 6.45) is 2.68. The van der Waals surface area contributed by atoms with E-state index in [1.165, 1.54) is 0 Å². The van der Waals surface area contributed by atoms with Crippen molar-refractivity contribution in [2.45, 2.75) is 19.4 Å². The van der Waals surface area contributed by atoms with Gasteiger partial charge in [-0.25, -0.2) is 0 Å². The summed E-state index contributed by atoms with van der Waals surface area (Å²) in [5.41, 5.74) is 2.15. The smallest absolute Gasteiger partial charge is 0.0570 e. The van der Waals surface area contributed by atoms with Crippen LogP contribution in [0.5, 0.6) is 0 Å². The molecule has 1 aromatic heterocycles. The molecule has 0 radical (unpaired) electrons. The van der Waals surface area contributed by atoms with Gasteiger partial charge in [0.2, 0.25) is 0 Å². The second kappa shape index (κ2) is 6.90. The number of rotatable bonds is 5. The van der Waals surface area contributed by atoms with Crippen LogP contribution in [0.3, 0.4) is 0 Å². The molecule has 0 aliphatic carbocycles. The summed E-state index contributed by atoms with van der Waals surface area (Å²) in [6, 6.07) is 11.8. The first-order valence-electron chi connectivity index (χ1n) is 6.25. The molecule has 0 spiro atoms. The number of benzene rings is 1. The van der Waals surface area contributed by atoms with Gasteiger partial charge in [0.1, 0.15) is 0 Å². The molecule has 0 saturated heterocycles. The summed E-state index contributed by atoms with van der Waals surface area (Å²) in [5.74, 6) is 0. The summed E-state index contributed by atoms with van der Waals surface area (Å²) < 4.78 is 0. The van der Waals surface area contributed by atoms with Crippen molar-refractivity contribution >= 4 is 23.2 Å². The van der Waals surface area contributed by atoms with Gasteiger partial charge in [-0.1, -0.05) is 35.3 Å².